The zero-order valence-corrected chi connectivity index (χ0v) is 29.1. The topological polar surface area (TPSA) is 51.6 Å². The summed E-state index contributed by atoms with van der Waals surface area (Å²) in [4.78, 5) is 20.6. The third kappa shape index (κ3) is 5.00. The average Bonchev–Trinajstić information content (AvgIpc) is 3.25. The number of rotatable bonds is 4. The van der Waals surface area contributed by atoms with E-state index in [1.807, 2.05) is 18.2 Å². The maximum Gasteiger partial charge on any atom is 0.0972 e. The van der Waals surface area contributed by atoms with E-state index in [1.165, 1.54) is 21.5 Å². The van der Waals surface area contributed by atoms with Crippen LogP contribution in [0, 0.1) is 0 Å². The highest BCUT2D eigenvalue weighted by Crippen LogP contribution is 2.38. The summed E-state index contributed by atoms with van der Waals surface area (Å²) in [6.45, 7) is 0. The molecule has 0 radical (unpaired) electrons. The standard InChI is InChI=1S/C50H30N4/c1-2-10-32(11-3-1)42-25-20-33-17-18-34-21-26-45(53-50(34)49(33)52-42)37-23-28-44-36(29-37)22-27-43(51-44)35-12-8-13-38(30-35)48-41-24-19-31-9-4-5-14-39(31)47(41)40-15-6-7-16-46(40)54-48/h1-30H. The Hall–Kier alpha value is -7.30. The van der Waals surface area contributed by atoms with E-state index in [2.05, 4.69) is 164 Å². The van der Waals surface area contributed by atoms with Crippen molar-refractivity contribution in [2.24, 2.45) is 0 Å². The predicted molar refractivity (Wildman–Crippen MR) is 224 cm³/mol. The SMILES string of the molecule is c1ccc(-c2ccc3ccc4ccc(-c5ccc6nc(-c7cccc(-c8nc9ccccc9c9c8ccc8ccccc89)c7)ccc6c5)nc4c3n2)cc1. The van der Waals surface area contributed by atoms with E-state index in [9.17, 15) is 0 Å². The van der Waals surface area contributed by atoms with Crippen molar-refractivity contribution >= 4 is 65.2 Å². The number of hydrogen-bond donors (Lipinski definition) is 0. The van der Waals surface area contributed by atoms with E-state index < -0.39 is 0 Å². The van der Waals surface area contributed by atoms with Crippen LogP contribution in [-0.4, -0.2) is 19.9 Å². The Morgan fingerprint density at radius 1 is 0.278 bits per heavy atom. The fraction of sp³-hybridized carbons (Fsp3) is 0. The Labute approximate surface area is 311 Å². The maximum atomic E-state index is 5.23. The van der Waals surface area contributed by atoms with E-state index in [0.29, 0.717) is 0 Å². The van der Waals surface area contributed by atoms with Gasteiger partial charge in [0.2, 0.25) is 0 Å². The van der Waals surface area contributed by atoms with Gasteiger partial charge in [-0.15, -0.1) is 0 Å². The molecule has 4 heterocycles. The number of pyridine rings is 4. The first kappa shape index (κ1) is 30.3. The Kier molecular flexibility index (Phi) is 6.82. The smallest absolute Gasteiger partial charge is 0.0972 e. The first-order valence-corrected chi connectivity index (χ1v) is 18.2. The molecule has 4 heteroatoms. The Morgan fingerprint density at radius 2 is 0.870 bits per heavy atom. The highest BCUT2D eigenvalue weighted by molar-refractivity contribution is 6.22. The fourth-order valence-electron chi connectivity index (χ4n) is 7.91. The summed E-state index contributed by atoms with van der Waals surface area (Å²) in [5, 5.41) is 9.22. The minimum Gasteiger partial charge on any atom is -0.248 e. The minimum atomic E-state index is 0.901. The monoisotopic (exact) mass is 686 g/mol. The number of hydrogen-bond acceptors (Lipinski definition) is 4. The molecule has 0 unspecified atom stereocenters. The lowest BCUT2D eigenvalue weighted by atomic mass is 9.94. The summed E-state index contributed by atoms with van der Waals surface area (Å²) in [6, 6.07) is 63.7. The van der Waals surface area contributed by atoms with Gasteiger partial charge in [0.1, 0.15) is 0 Å². The molecule has 0 atom stereocenters. The second-order valence-electron chi connectivity index (χ2n) is 13.8. The predicted octanol–water partition coefficient (Wildman–Crippen LogP) is 12.9. The summed E-state index contributed by atoms with van der Waals surface area (Å²) in [7, 11) is 0. The van der Waals surface area contributed by atoms with Gasteiger partial charge in [0, 0.05) is 54.6 Å². The lowest BCUT2D eigenvalue weighted by Crippen LogP contribution is -1.92. The fourth-order valence-corrected chi connectivity index (χ4v) is 7.91. The summed E-state index contributed by atoms with van der Waals surface area (Å²) >= 11 is 0. The second-order valence-corrected chi connectivity index (χ2v) is 13.8. The molecule has 0 aliphatic carbocycles. The summed E-state index contributed by atoms with van der Waals surface area (Å²) in [5.41, 5.74) is 11.7. The molecule has 4 nitrogen and oxygen atoms in total. The maximum absolute atomic E-state index is 5.23. The molecular weight excluding hydrogens is 657 g/mol. The van der Waals surface area contributed by atoms with Gasteiger partial charge in [-0.1, -0.05) is 140 Å². The Balaban J connectivity index is 0.976. The van der Waals surface area contributed by atoms with Crippen LogP contribution in [0.3, 0.4) is 0 Å². The van der Waals surface area contributed by atoms with Crippen molar-refractivity contribution in [3.63, 3.8) is 0 Å². The van der Waals surface area contributed by atoms with Crippen LogP contribution in [0.4, 0.5) is 0 Å². The van der Waals surface area contributed by atoms with Crippen molar-refractivity contribution in [2.75, 3.05) is 0 Å². The third-order valence-corrected chi connectivity index (χ3v) is 10.6. The van der Waals surface area contributed by atoms with Gasteiger partial charge in [0.25, 0.3) is 0 Å². The van der Waals surface area contributed by atoms with Crippen molar-refractivity contribution in [2.45, 2.75) is 0 Å². The van der Waals surface area contributed by atoms with Gasteiger partial charge in [-0.05, 0) is 53.2 Å². The number of benzene rings is 7. The zero-order chi connectivity index (χ0) is 35.6. The van der Waals surface area contributed by atoms with Crippen LogP contribution in [0.25, 0.3) is 110 Å². The Bertz CT molecular complexity index is 3260. The van der Waals surface area contributed by atoms with Crippen LogP contribution in [0.2, 0.25) is 0 Å². The molecule has 0 aliphatic rings. The van der Waals surface area contributed by atoms with Crippen molar-refractivity contribution < 1.29 is 0 Å². The molecule has 4 aromatic heterocycles. The third-order valence-electron chi connectivity index (χ3n) is 10.6. The number of nitrogens with zero attached hydrogens (tertiary/aromatic N) is 4. The summed E-state index contributed by atoms with van der Waals surface area (Å²) in [6.07, 6.45) is 0. The molecule has 54 heavy (non-hydrogen) atoms. The second kappa shape index (κ2) is 12.1. The lowest BCUT2D eigenvalue weighted by Gasteiger charge is -2.13. The average molecular weight is 687 g/mol. The molecule has 0 spiro atoms. The van der Waals surface area contributed by atoms with Crippen LogP contribution in [0.1, 0.15) is 0 Å². The quantitative estimate of drug-likeness (QED) is 0.173. The molecule has 0 saturated carbocycles. The number of aromatic nitrogens is 4. The van der Waals surface area contributed by atoms with E-state index in [4.69, 9.17) is 19.9 Å². The number of para-hydroxylation sites is 1. The van der Waals surface area contributed by atoms with Gasteiger partial charge in [0.15, 0.2) is 0 Å². The van der Waals surface area contributed by atoms with Crippen LogP contribution in [0.5, 0.6) is 0 Å². The van der Waals surface area contributed by atoms with Crippen molar-refractivity contribution in [1.82, 2.24) is 19.9 Å². The van der Waals surface area contributed by atoms with Crippen LogP contribution < -0.4 is 0 Å². The van der Waals surface area contributed by atoms with Gasteiger partial charge < -0.3 is 0 Å². The molecule has 0 saturated heterocycles. The molecule has 7 aromatic carbocycles. The molecule has 0 N–H and O–H groups in total. The molecule has 0 aliphatic heterocycles. The zero-order valence-electron chi connectivity index (χ0n) is 29.1. The first-order chi connectivity index (χ1) is 26.7. The molecule has 0 bridgehead atoms. The number of fused-ring (bicyclic) bond motifs is 9. The molecule has 0 amide bonds. The highest BCUT2D eigenvalue weighted by Gasteiger charge is 2.15. The first-order valence-electron chi connectivity index (χ1n) is 18.2. The van der Waals surface area contributed by atoms with Crippen LogP contribution in [-0.2, 0) is 0 Å². The van der Waals surface area contributed by atoms with Crippen LogP contribution >= 0.6 is 0 Å². The Morgan fingerprint density at radius 3 is 1.69 bits per heavy atom. The van der Waals surface area contributed by atoms with Gasteiger partial charge in [0.05, 0.1) is 44.8 Å². The highest BCUT2D eigenvalue weighted by atomic mass is 14.8. The molecule has 0 fully saturated rings. The summed E-state index contributed by atoms with van der Waals surface area (Å²) < 4.78 is 0. The normalized spacial score (nSPS) is 11.7. The van der Waals surface area contributed by atoms with Gasteiger partial charge in [-0.2, -0.15) is 0 Å². The van der Waals surface area contributed by atoms with E-state index in [0.717, 1.165) is 88.6 Å². The lowest BCUT2D eigenvalue weighted by molar-refractivity contribution is 1.36. The van der Waals surface area contributed by atoms with Gasteiger partial charge in [-0.25, -0.2) is 19.9 Å². The van der Waals surface area contributed by atoms with E-state index >= 15 is 0 Å². The van der Waals surface area contributed by atoms with Gasteiger partial charge >= 0.3 is 0 Å². The van der Waals surface area contributed by atoms with Crippen molar-refractivity contribution in [3.8, 4) is 45.0 Å². The molecular formula is C50H30N4. The molecule has 11 rings (SSSR count). The van der Waals surface area contributed by atoms with Crippen molar-refractivity contribution in [3.05, 3.63) is 182 Å². The molecule has 11 aromatic rings. The minimum absolute atomic E-state index is 0.901. The van der Waals surface area contributed by atoms with Crippen molar-refractivity contribution in [1.29, 1.82) is 0 Å². The van der Waals surface area contributed by atoms with E-state index in [1.54, 1.807) is 0 Å². The van der Waals surface area contributed by atoms with Gasteiger partial charge in [-0.3, -0.25) is 0 Å². The van der Waals surface area contributed by atoms with E-state index in [-0.39, 0.29) is 0 Å². The van der Waals surface area contributed by atoms with Crippen LogP contribution in [0.15, 0.2) is 182 Å². The molecule has 250 valence electrons. The largest absolute Gasteiger partial charge is 0.248 e. The summed E-state index contributed by atoms with van der Waals surface area (Å²) in [5.74, 6) is 0.